The first-order valence-corrected chi connectivity index (χ1v) is 6.18. The van der Waals surface area contributed by atoms with Gasteiger partial charge in [0, 0.05) is 24.6 Å². The van der Waals surface area contributed by atoms with E-state index >= 15 is 0 Å². The van der Waals surface area contributed by atoms with Crippen molar-refractivity contribution in [1.82, 2.24) is 9.97 Å². The van der Waals surface area contributed by atoms with Crippen molar-refractivity contribution < 1.29 is 0 Å². The normalized spacial score (nSPS) is 10.3. The number of thioether (sulfide) groups is 1. The summed E-state index contributed by atoms with van der Waals surface area (Å²) in [5.74, 6) is 0. The third-order valence-electron chi connectivity index (χ3n) is 2.25. The van der Waals surface area contributed by atoms with E-state index in [4.69, 9.17) is 0 Å². The first kappa shape index (κ1) is 11.0. The Kier molecular flexibility index (Phi) is 3.41. The van der Waals surface area contributed by atoms with Crippen LogP contribution in [0.3, 0.4) is 0 Å². The van der Waals surface area contributed by atoms with Crippen LogP contribution in [0.15, 0.2) is 42.1 Å². The molecule has 0 aliphatic carbocycles. The molecular weight excluding hydrogens is 218 g/mol. The number of rotatable bonds is 4. The number of aromatic nitrogens is 2. The van der Waals surface area contributed by atoms with Crippen LogP contribution in [-0.2, 0) is 0 Å². The lowest BCUT2D eigenvalue weighted by Crippen LogP contribution is -2.01. The second-order valence-corrected chi connectivity index (χ2v) is 4.34. The fourth-order valence-electron chi connectivity index (χ4n) is 1.35. The van der Waals surface area contributed by atoms with Gasteiger partial charge in [-0.05, 0) is 29.4 Å². The van der Waals surface area contributed by atoms with Gasteiger partial charge in [0.15, 0.2) is 0 Å². The third-order valence-corrected chi connectivity index (χ3v) is 2.97. The summed E-state index contributed by atoms with van der Waals surface area (Å²) in [6.45, 7) is 4.69. The lowest BCUT2D eigenvalue weighted by molar-refractivity contribution is 1.28. The van der Waals surface area contributed by atoms with Crippen molar-refractivity contribution in [2.75, 3.05) is 18.1 Å². The fourth-order valence-corrected chi connectivity index (χ4v) is 1.56. The Labute approximate surface area is 99.0 Å². The molecule has 4 heteroatoms. The first-order valence-electron chi connectivity index (χ1n) is 4.96. The number of hydrogen-bond acceptors (Lipinski definition) is 4. The standard InChI is InChI=1S/C12H13N3S/c1-9(16-2)8-15-10-3-4-11-12(7-10)14-6-5-13-11/h3-7,15H,1,8H2,2H3. The third kappa shape index (κ3) is 2.52. The lowest BCUT2D eigenvalue weighted by Gasteiger charge is -2.07. The minimum atomic E-state index is 0.771. The Morgan fingerprint density at radius 2 is 2.06 bits per heavy atom. The Morgan fingerprint density at radius 1 is 1.31 bits per heavy atom. The predicted octanol–water partition coefficient (Wildman–Crippen LogP) is 2.92. The largest absolute Gasteiger partial charge is 0.380 e. The summed E-state index contributed by atoms with van der Waals surface area (Å²) >= 11 is 1.66. The molecule has 1 N–H and O–H groups in total. The van der Waals surface area contributed by atoms with Crippen molar-refractivity contribution in [3.05, 3.63) is 42.1 Å². The van der Waals surface area contributed by atoms with Gasteiger partial charge in [-0.15, -0.1) is 11.8 Å². The van der Waals surface area contributed by atoms with Gasteiger partial charge in [-0.2, -0.15) is 0 Å². The highest BCUT2D eigenvalue weighted by Crippen LogP contribution is 2.16. The highest BCUT2D eigenvalue weighted by atomic mass is 32.2. The van der Waals surface area contributed by atoms with Gasteiger partial charge in [0.25, 0.3) is 0 Å². The molecule has 0 fully saturated rings. The van der Waals surface area contributed by atoms with Crippen molar-refractivity contribution in [3.63, 3.8) is 0 Å². The highest BCUT2D eigenvalue weighted by molar-refractivity contribution is 8.02. The molecule has 1 aromatic carbocycles. The summed E-state index contributed by atoms with van der Waals surface area (Å²) in [5.41, 5.74) is 2.86. The van der Waals surface area contributed by atoms with E-state index in [0.717, 1.165) is 28.2 Å². The van der Waals surface area contributed by atoms with E-state index < -0.39 is 0 Å². The maximum Gasteiger partial charge on any atom is 0.0907 e. The van der Waals surface area contributed by atoms with E-state index in [2.05, 4.69) is 21.9 Å². The first-order chi connectivity index (χ1) is 7.79. The molecule has 2 rings (SSSR count). The Morgan fingerprint density at radius 3 is 2.81 bits per heavy atom. The molecule has 0 unspecified atom stereocenters. The summed E-state index contributed by atoms with van der Waals surface area (Å²) in [7, 11) is 0. The highest BCUT2D eigenvalue weighted by Gasteiger charge is 1.98. The van der Waals surface area contributed by atoms with E-state index in [9.17, 15) is 0 Å². The van der Waals surface area contributed by atoms with Crippen molar-refractivity contribution in [3.8, 4) is 0 Å². The molecule has 3 nitrogen and oxygen atoms in total. The van der Waals surface area contributed by atoms with Gasteiger partial charge in [0.1, 0.15) is 0 Å². The summed E-state index contributed by atoms with van der Waals surface area (Å²) in [6, 6.07) is 5.97. The molecule has 0 saturated carbocycles. The van der Waals surface area contributed by atoms with Crippen LogP contribution < -0.4 is 5.32 Å². The summed E-state index contributed by atoms with van der Waals surface area (Å²) < 4.78 is 0. The van der Waals surface area contributed by atoms with Crippen LogP contribution in [0.1, 0.15) is 0 Å². The minimum absolute atomic E-state index is 0.771. The van der Waals surface area contributed by atoms with Crippen LogP contribution in [-0.4, -0.2) is 22.8 Å². The van der Waals surface area contributed by atoms with Crippen LogP contribution in [0.4, 0.5) is 5.69 Å². The fraction of sp³-hybridized carbons (Fsp3) is 0.167. The van der Waals surface area contributed by atoms with Gasteiger partial charge in [-0.25, -0.2) is 0 Å². The van der Waals surface area contributed by atoms with Crippen LogP contribution in [0, 0.1) is 0 Å². The topological polar surface area (TPSA) is 37.8 Å². The molecule has 0 aliphatic heterocycles. The number of nitrogens with zero attached hydrogens (tertiary/aromatic N) is 2. The Balaban J connectivity index is 2.16. The van der Waals surface area contributed by atoms with E-state index in [1.165, 1.54) is 0 Å². The zero-order chi connectivity index (χ0) is 11.4. The van der Waals surface area contributed by atoms with E-state index in [1.807, 2.05) is 24.5 Å². The van der Waals surface area contributed by atoms with Gasteiger partial charge in [0.2, 0.25) is 0 Å². The molecule has 82 valence electrons. The number of hydrogen-bond donors (Lipinski definition) is 1. The minimum Gasteiger partial charge on any atom is -0.380 e. The molecule has 16 heavy (non-hydrogen) atoms. The molecule has 2 aromatic rings. The van der Waals surface area contributed by atoms with E-state index in [-0.39, 0.29) is 0 Å². The zero-order valence-corrected chi connectivity index (χ0v) is 9.92. The van der Waals surface area contributed by atoms with Crippen LogP contribution in [0.25, 0.3) is 11.0 Å². The molecule has 0 atom stereocenters. The Bertz CT molecular complexity index is 510. The van der Waals surface area contributed by atoms with Gasteiger partial charge in [0.05, 0.1) is 11.0 Å². The summed E-state index contributed by atoms with van der Waals surface area (Å²) in [6.07, 6.45) is 5.42. The molecule has 0 saturated heterocycles. The quantitative estimate of drug-likeness (QED) is 0.878. The van der Waals surface area contributed by atoms with Gasteiger partial charge < -0.3 is 5.32 Å². The van der Waals surface area contributed by atoms with Crippen LogP contribution >= 0.6 is 11.8 Å². The van der Waals surface area contributed by atoms with Gasteiger partial charge in [-0.1, -0.05) is 6.58 Å². The number of fused-ring (bicyclic) bond motifs is 1. The number of benzene rings is 1. The second-order valence-electron chi connectivity index (χ2n) is 3.36. The predicted molar refractivity (Wildman–Crippen MR) is 70.7 cm³/mol. The van der Waals surface area contributed by atoms with Crippen molar-refractivity contribution in [2.45, 2.75) is 0 Å². The van der Waals surface area contributed by atoms with Crippen molar-refractivity contribution >= 4 is 28.5 Å². The number of nitrogens with one attached hydrogen (secondary N) is 1. The summed E-state index contributed by atoms with van der Waals surface area (Å²) in [5, 5.41) is 3.30. The molecule has 0 bridgehead atoms. The maximum atomic E-state index is 4.26. The molecular formula is C12H13N3S. The average molecular weight is 231 g/mol. The van der Waals surface area contributed by atoms with E-state index in [1.54, 1.807) is 24.2 Å². The van der Waals surface area contributed by atoms with Gasteiger partial charge in [-0.3, -0.25) is 9.97 Å². The monoisotopic (exact) mass is 231 g/mol. The number of anilines is 1. The molecule has 1 aromatic heterocycles. The van der Waals surface area contributed by atoms with Crippen molar-refractivity contribution in [1.29, 1.82) is 0 Å². The lowest BCUT2D eigenvalue weighted by atomic mass is 10.2. The second kappa shape index (κ2) is 4.99. The average Bonchev–Trinajstić information content (AvgIpc) is 2.35. The zero-order valence-electron chi connectivity index (χ0n) is 9.10. The molecule has 0 aliphatic rings. The van der Waals surface area contributed by atoms with E-state index in [0.29, 0.717) is 0 Å². The van der Waals surface area contributed by atoms with Crippen molar-refractivity contribution in [2.24, 2.45) is 0 Å². The maximum absolute atomic E-state index is 4.26. The molecule has 0 radical (unpaired) electrons. The molecule has 0 amide bonds. The smallest absolute Gasteiger partial charge is 0.0907 e. The van der Waals surface area contributed by atoms with Gasteiger partial charge >= 0.3 is 0 Å². The summed E-state index contributed by atoms with van der Waals surface area (Å²) in [4.78, 5) is 9.59. The SMILES string of the molecule is C=C(CNc1ccc2nccnc2c1)SC. The molecule has 1 heterocycles. The Hall–Kier alpha value is -1.55. The van der Waals surface area contributed by atoms with Crippen LogP contribution in [0.2, 0.25) is 0 Å². The molecule has 0 spiro atoms. The van der Waals surface area contributed by atoms with Crippen LogP contribution in [0.5, 0.6) is 0 Å².